The van der Waals surface area contributed by atoms with Crippen LogP contribution in [0, 0.1) is 23.2 Å². The number of anilines is 1. The van der Waals surface area contributed by atoms with Crippen molar-refractivity contribution < 1.29 is 14.8 Å². The van der Waals surface area contributed by atoms with Crippen LogP contribution in [0.1, 0.15) is 31.7 Å². The third kappa shape index (κ3) is 1.19. The van der Waals surface area contributed by atoms with Gasteiger partial charge in [-0.15, -0.1) is 0 Å². The van der Waals surface area contributed by atoms with E-state index in [0.29, 0.717) is 17.9 Å². The highest BCUT2D eigenvalue weighted by Crippen LogP contribution is 2.81. The lowest BCUT2D eigenvalue weighted by molar-refractivity contribution is -0.640. The molecular formula is C21H25N2O2+. The van der Waals surface area contributed by atoms with Crippen molar-refractivity contribution in [2.24, 2.45) is 23.2 Å². The Morgan fingerprint density at radius 1 is 1.36 bits per heavy atom. The Kier molecular flexibility index (Phi) is 2.37. The summed E-state index contributed by atoms with van der Waals surface area (Å²) in [5.41, 5.74) is 2.68. The molecule has 25 heavy (non-hydrogen) atoms. The summed E-state index contributed by atoms with van der Waals surface area (Å²) >= 11 is 0. The number of carbonyl (C=O) groups is 1. The van der Waals surface area contributed by atoms with Crippen molar-refractivity contribution in [3.05, 3.63) is 42.1 Å². The number of rotatable bonds is 1. The van der Waals surface area contributed by atoms with Crippen molar-refractivity contribution in [2.75, 3.05) is 12.4 Å². The predicted octanol–water partition coefficient (Wildman–Crippen LogP) is 1.79. The molecule has 3 N–H and O–H groups in total. The molecule has 130 valence electrons. The molecule has 0 aromatic heterocycles. The zero-order chi connectivity index (χ0) is 17.0. The number of benzene rings is 1. The van der Waals surface area contributed by atoms with Gasteiger partial charge in [0, 0.05) is 28.9 Å². The molecule has 0 amide bonds. The number of carbonyl (C=O) groups excluding carboxylic acids is 1. The molecule has 3 aliphatic carbocycles. The van der Waals surface area contributed by atoms with E-state index in [2.05, 4.69) is 54.1 Å². The first-order chi connectivity index (χ1) is 12.1. The number of nitrogens with two attached hydrogens (primary N) is 1. The molecule has 3 fully saturated rings. The van der Waals surface area contributed by atoms with E-state index in [0.717, 1.165) is 6.42 Å². The van der Waals surface area contributed by atoms with E-state index in [9.17, 15) is 4.79 Å². The lowest BCUT2D eigenvalue weighted by atomic mass is 9.55. The average Bonchev–Trinajstić information content (AvgIpc) is 3.29. The Hall–Kier alpha value is -1.81. The number of fused-ring (bicyclic) bond motifs is 1. The minimum absolute atomic E-state index is 0.0340. The number of allylic oxidation sites excluding steroid dienone is 1. The number of nitrogens with one attached hydrogen (secondary N) is 1. The standard InChI is InChI=1S/C21H24N2O2/c1-12-19-9-10-22-16-7-8-20(17(16)19)13-5-3-4-6-15(13)23-21(12,20)14(11-19)18(24)25-2/h3-6,9-10,12,14,16-17,22-23H,7-8,11H2,1-2H3/p+1/t12-,14-,16+,17+,19-,20+,21+/m0/s1. The summed E-state index contributed by atoms with van der Waals surface area (Å²) in [5, 5.41) is 6.37. The fraction of sp³-hybridized carbons (Fsp3) is 0.571. The molecule has 4 nitrogen and oxygen atoms in total. The molecule has 3 saturated carbocycles. The van der Waals surface area contributed by atoms with Crippen LogP contribution < -0.4 is 10.6 Å². The van der Waals surface area contributed by atoms with Gasteiger partial charge in [0.2, 0.25) is 0 Å². The highest BCUT2D eigenvalue weighted by atomic mass is 16.5. The van der Waals surface area contributed by atoms with Crippen LogP contribution in [0.2, 0.25) is 0 Å². The maximum Gasteiger partial charge on any atom is 0.311 e. The normalized spacial score (nSPS) is 50.2. The summed E-state index contributed by atoms with van der Waals surface area (Å²) in [6.07, 6.45) is 8.06. The van der Waals surface area contributed by atoms with Gasteiger partial charge >= 0.3 is 5.97 Å². The smallest absolute Gasteiger partial charge is 0.311 e. The van der Waals surface area contributed by atoms with Gasteiger partial charge in [0.1, 0.15) is 0 Å². The van der Waals surface area contributed by atoms with Gasteiger partial charge in [-0.25, -0.2) is 0 Å². The number of methoxy groups -OCH3 is 1. The Balaban J connectivity index is 1.69. The summed E-state index contributed by atoms with van der Waals surface area (Å²) in [7, 11) is 1.54. The van der Waals surface area contributed by atoms with Crippen LogP contribution >= 0.6 is 0 Å². The van der Waals surface area contributed by atoms with Crippen LogP contribution in [0.25, 0.3) is 0 Å². The molecule has 0 unspecified atom stereocenters. The summed E-state index contributed by atoms with van der Waals surface area (Å²) < 4.78 is 5.31. The van der Waals surface area contributed by atoms with Gasteiger partial charge in [-0.2, -0.15) is 0 Å². The van der Waals surface area contributed by atoms with Gasteiger partial charge in [0.15, 0.2) is 0 Å². The zero-order valence-electron chi connectivity index (χ0n) is 14.8. The number of ether oxygens (including phenoxy) is 1. The second-order valence-corrected chi connectivity index (χ2v) is 8.86. The molecule has 2 bridgehead atoms. The number of para-hydroxylation sites is 1. The highest BCUT2D eigenvalue weighted by Gasteiger charge is 2.86. The maximum absolute atomic E-state index is 12.9. The van der Waals surface area contributed by atoms with Gasteiger partial charge < -0.3 is 15.4 Å². The summed E-state index contributed by atoms with van der Waals surface area (Å²) in [6.45, 7) is 2.38. The summed E-state index contributed by atoms with van der Waals surface area (Å²) in [6, 6.07) is 9.43. The second kappa shape index (κ2) is 4.12. The van der Waals surface area contributed by atoms with Crippen molar-refractivity contribution in [1.29, 1.82) is 0 Å². The molecule has 0 radical (unpaired) electrons. The monoisotopic (exact) mass is 337 g/mol. The van der Waals surface area contributed by atoms with Gasteiger partial charge in [0.05, 0.1) is 30.8 Å². The van der Waals surface area contributed by atoms with E-state index in [1.807, 2.05) is 0 Å². The SMILES string of the molecule is COC(=O)[C@@H]1C[C@@]23C=C[NH2+][C@@H]4CC[C@@]5(c6ccccc6N[C@]15[C@H]2C)[C@H]43. The van der Waals surface area contributed by atoms with E-state index < -0.39 is 0 Å². The van der Waals surface area contributed by atoms with Gasteiger partial charge in [-0.3, -0.25) is 4.79 Å². The van der Waals surface area contributed by atoms with Gasteiger partial charge in [-0.05, 0) is 36.5 Å². The number of quaternary nitrogens is 1. The number of hydrogen-bond acceptors (Lipinski definition) is 3. The van der Waals surface area contributed by atoms with Crippen LogP contribution in [0.4, 0.5) is 5.69 Å². The van der Waals surface area contributed by atoms with Crippen molar-refractivity contribution in [3.63, 3.8) is 0 Å². The second-order valence-electron chi connectivity index (χ2n) is 8.86. The molecule has 1 aromatic carbocycles. The van der Waals surface area contributed by atoms with Crippen LogP contribution in [0.5, 0.6) is 0 Å². The van der Waals surface area contributed by atoms with Gasteiger partial charge in [-0.1, -0.05) is 25.1 Å². The quantitative estimate of drug-likeness (QED) is 0.768. The lowest BCUT2D eigenvalue weighted by Gasteiger charge is -2.49. The first kappa shape index (κ1) is 14.4. The molecule has 4 heteroatoms. The predicted molar refractivity (Wildman–Crippen MR) is 93.8 cm³/mol. The lowest BCUT2D eigenvalue weighted by Crippen LogP contribution is -2.88. The Morgan fingerprint density at radius 2 is 2.20 bits per heavy atom. The maximum atomic E-state index is 12.9. The Bertz CT molecular complexity index is 835. The Morgan fingerprint density at radius 3 is 3.04 bits per heavy atom. The first-order valence-electron chi connectivity index (χ1n) is 9.60. The molecule has 5 aliphatic rings. The molecule has 7 atom stereocenters. The molecule has 3 spiro atoms. The molecule has 2 aliphatic heterocycles. The third-order valence-electron chi connectivity index (χ3n) is 8.74. The van der Waals surface area contributed by atoms with E-state index in [1.54, 1.807) is 7.11 Å². The highest BCUT2D eigenvalue weighted by molar-refractivity contribution is 5.82. The number of hydrogen-bond donors (Lipinski definition) is 2. The van der Waals surface area contributed by atoms with Gasteiger partial charge in [0.25, 0.3) is 0 Å². The number of esters is 1. The molecule has 2 heterocycles. The van der Waals surface area contributed by atoms with Crippen LogP contribution in [-0.4, -0.2) is 24.7 Å². The summed E-state index contributed by atoms with van der Waals surface area (Å²) in [5.74, 6) is 0.928. The van der Waals surface area contributed by atoms with E-state index in [-0.39, 0.29) is 28.3 Å². The van der Waals surface area contributed by atoms with Crippen LogP contribution in [-0.2, 0) is 14.9 Å². The van der Waals surface area contributed by atoms with Crippen molar-refractivity contribution in [2.45, 2.75) is 43.2 Å². The van der Waals surface area contributed by atoms with Crippen LogP contribution in [0.3, 0.4) is 0 Å². The van der Waals surface area contributed by atoms with E-state index >= 15 is 0 Å². The molecule has 6 rings (SSSR count). The minimum atomic E-state index is -0.203. The molecule has 0 saturated heterocycles. The fourth-order valence-corrected chi connectivity index (χ4v) is 8.26. The van der Waals surface area contributed by atoms with E-state index in [1.165, 1.54) is 24.1 Å². The van der Waals surface area contributed by atoms with Crippen molar-refractivity contribution in [3.8, 4) is 0 Å². The fourth-order valence-electron chi connectivity index (χ4n) is 8.26. The summed E-state index contributed by atoms with van der Waals surface area (Å²) in [4.78, 5) is 12.9. The van der Waals surface area contributed by atoms with Crippen molar-refractivity contribution in [1.82, 2.24) is 0 Å². The van der Waals surface area contributed by atoms with Crippen LogP contribution in [0.15, 0.2) is 36.5 Å². The third-order valence-corrected chi connectivity index (χ3v) is 8.74. The van der Waals surface area contributed by atoms with Crippen molar-refractivity contribution >= 4 is 11.7 Å². The Labute approximate surface area is 148 Å². The largest absolute Gasteiger partial charge is 0.469 e. The average molecular weight is 337 g/mol. The first-order valence-corrected chi connectivity index (χ1v) is 9.60. The minimum Gasteiger partial charge on any atom is -0.469 e. The van der Waals surface area contributed by atoms with E-state index in [4.69, 9.17) is 4.74 Å². The molecule has 1 aromatic rings. The zero-order valence-corrected chi connectivity index (χ0v) is 14.8. The topological polar surface area (TPSA) is 54.9 Å². The molecular weight excluding hydrogens is 312 g/mol.